The van der Waals surface area contributed by atoms with E-state index in [9.17, 15) is 4.79 Å². The fraction of sp³-hybridized carbons (Fsp3) is 0.611. The molecule has 0 spiro atoms. The summed E-state index contributed by atoms with van der Waals surface area (Å²) in [4.78, 5) is 14.5. The third-order valence-corrected chi connectivity index (χ3v) is 5.50. The number of carbonyl (C=O) groups is 1. The van der Waals surface area contributed by atoms with Crippen LogP contribution in [0.15, 0.2) is 24.3 Å². The lowest BCUT2D eigenvalue weighted by atomic mass is 9.79. The molecule has 0 saturated carbocycles. The van der Waals surface area contributed by atoms with E-state index in [2.05, 4.69) is 6.92 Å². The van der Waals surface area contributed by atoms with E-state index in [4.69, 9.17) is 9.31 Å². The minimum Gasteiger partial charge on any atom is -0.399 e. The topological polar surface area (TPSA) is 38.8 Å². The van der Waals surface area contributed by atoms with Crippen molar-refractivity contribution < 1.29 is 14.1 Å². The van der Waals surface area contributed by atoms with Crippen LogP contribution < -0.4 is 5.46 Å². The number of carbonyl (C=O) groups excluding carboxylic acids is 1. The highest BCUT2D eigenvalue weighted by Gasteiger charge is 2.51. The molecule has 2 fully saturated rings. The second kappa shape index (κ2) is 5.64. The van der Waals surface area contributed by atoms with E-state index in [0.29, 0.717) is 6.04 Å². The highest BCUT2D eigenvalue weighted by atomic mass is 16.7. The molecule has 1 aromatic rings. The van der Waals surface area contributed by atoms with Crippen molar-refractivity contribution in [1.82, 2.24) is 4.90 Å². The van der Waals surface area contributed by atoms with E-state index in [1.807, 2.05) is 56.9 Å². The summed E-state index contributed by atoms with van der Waals surface area (Å²) < 4.78 is 12.1. The van der Waals surface area contributed by atoms with Crippen molar-refractivity contribution in [1.29, 1.82) is 0 Å². The van der Waals surface area contributed by atoms with Crippen molar-refractivity contribution in [3.63, 3.8) is 0 Å². The highest BCUT2D eigenvalue weighted by Crippen LogP contribution is 2.36. The van der Waals surface area contributed by atoms with Crippen molar-refractivity contribution in [2.45, 2.75) is 64.7 Å². The van der Waals surface area contributed by atoms with Gasteiger partial charge in [0, 0.05) is 18.2 Å². The first-order valence-corrected chi connectivity index (χ1v) is 8.48. The number of nitrogens with zero attached hydrogens (tertiary/aromatic N) is 1. The molecule has 5 heteroatoms. The standard InChI is InChI=1S/C18H26BNO3/c1-13-7-6-12-20(13)16(21)14-8-10-15(11-9-14)19-22-17(2,3)18(4,5)23-19/h8-11,13H,6-7,12H2,1-5H3/t13-/m0/s1. The lowest BCUT2D eigenvalue weighted by Gasteiger charge is -2.32. The van der Waals surface area contributed by atoms with Crippen LogP contribution in [-0.2, 0) is 9.31 Å². The van der Waals surface area contributed by atoms with Crippen LogP contribution in [0.5, 0.6) is 0 Å². The molecule has 4 nitrogen and oxygen atoms in total. The number of hydrogen-bond acceptors (Lipinski definition) is 3. The second-order valence-corrected chi connectivity index (χ2v) is 7.70. The molecule has 3 rings (SSSR count). The van der Waals surface area contributed by atoms with E-state index in [0.717, 1.165) is 30.4 Å². The molecule has 2 heterocycles. The summed E-state index contributed by atoms with van der Waals surface area (Å²) in [6.45, 7) is 11.1. The van der Waals surface area contributed by atoms with Gasteiger partial charge in [-0.25, -0.2) is 0 Å². The lowest BCUT2D eigenvalue weighted by Crippen LogP contribution is -2.41. The number of benzene rings is 1. The Hall–Kier alpha value is -1.33. The quantitative estimate of drug-likeness (QED) is 0.788. The Labute approximate surface area is 139 Å². The zero-order valence-electron chi connectivity index (χ0n) is 14.8. The van der Waals surface area contributed by atoms with Gasteiger partial charge in [-0.15, -0.1) is 0 Å². The number of likely N-dealkylation sites (tertiary alicyclic amines) is 1. The first-order valence-electron chi connectivity index (χ1n) is 8.48. The molecule has 2 aliphatic heterocycles. The number of rotatable bonds is 2. The van der Waals surface area contributed by atoms with Crippen molar-refractivity contribution >= 4 is 18.5 Å². The minimum atomic E-state index is -0.380. The molecule has 0 bridgehead atoms. The zero-order chi connectivity index (χ0) is 16.8. The molecule has 2 aliphatic rings. The van der Waals surface area contributed by atoms with Gasteiger partial charge >= 0.3 is 7.12 Å². The van der Waals surface area contributed by atoms with E-state index in [1.54, 1.807) is 0 Å². The molecule has 124 valence electrons. The van der Waals surface area contributed by atoms with Crippen LogP contribution in [0.25, 0.3) is 0 Å². The Morgan fingerprint density at radius 2 is 1.70 bits per heavy atom. The molecule has 1 amide bonds. The zero-order valence-corrected chi connectivity index (χ0v) is 14.8. The summed E-state index contributed by atoms with van der Waals surface area (Å²) in [7, 11) is -0.380. The lowest BCUT2D eigenvalue weighted by molar-refractivity contribution is 0.00578. The minimum absolute atomic E-state index is 0.121. The molecule has 0 aliphatic carbocycles. The van der Waals surface area contributed by atoms with Crippen molar-refractivity contribution in [3.05, 3.63) is 29.8 Å². The Bertz CT molecular complexity index is 581. The summed E-state index contributed by atoms with van der Waals surface area (Å²) in [5, 5.41) is 0. The van der Waals surface area contributed by atoms with Gasteiger partial charge in [-0.05, 0) is 65.1 Å². The van der Waals surface area contributed by atoms with Crippen LogP contribution in [0.3, 0.4) is 0 Å². The van der Waals surface area contributed by atoms with Crippen molar-refractivity contribution in [3.8, 4) is 0 Å². The van der Waals surface area contributed by atoms with Gasteiger partial charge in [0.1, 0.15) is 0 Å². The molecule has 2 saturated heterocycles. The van der Waals surface area contributed by atoms with E-state index in [1.165, 1.54) is 0 Å². The normalized spacial score (nSPS) is 25.9. The third kappa shape index (κ3) is 2.92. The average molecular weight is 315 g/mol. The highest BCUT2D eigenvalue weighted by molar-refractivity contribution is 6.62. The molecule has 1 aromatic carbocycles. The second-order valence-electron chi connectivity index (χ2n) is 7.70. The average Bonchev–Trinajstić information content (AvgIpc) is 2.99. The molecule has 0 unspecified atom stereocenters. The van der Waals surface area contributed by atoms with Gasteiger partial charge in [0.05, 0.1) is 11.2 Å². The number of amides is 1. The Balaban J connectivity index is 1.74. The smallest absolute Gasteiger partial charge is 0.399 e. The van der Waals surface area contributed by atoms with Gasteiger partial charge in [-0.1, -0.05) is 12.1 Å². The van der Waals surface area contributed by atoms with Crippen molar-refractivity contribution in [2.75, 3.05) is 6.54 Å². The van der Waals surface area contributed by atoms with E-state index >= 15 is 0 Å². The third-order valence-electron chi connectivity index (χ3n) is 5.50. The van der Waals surface area contributed by atoms with Crippen LogP contribution in [0, 0.1) is 0 Å². The largest absolute Gasteiger partial charge is 0.494 e. The molecular weight excluding hydrogens is 289 g/mol. The first-order chi connectivity index (χ1) is 10.7. The summed E-state index contributed by atoms with van der Waals surface area (Å²) in [6.07, 6.45) is 2.19. The molecular formula is C18H26BNO3. The summed E-state index contributed by atoms with van der Waals surface area (Å²) in [6, 6.07) is 7.98. The number of hydrogen-bond donors (Lipinski definition) is 0. The van der Waals surface area contributed by atoms with Crippen LogP contribution >= 0.6 is 0 Å². The fourth-order valence-electron chi connectivity index (χ4n) is 3.16. The predicted octanol–water partition coefficient (Wildman–Crippen LogP) is 2.61. The first kappa shape index (κ1) is 16.5. The van der Waals surface area contributed by atoms with Crippen molar-refractivity contribution in [2.24, 2.45) is 0 Å². The maximum atomic E-state index is 12.6. The fourth-order valence-corrected chi connectivity index (χ4v) is 3.16. The van der Waals surface area contributed by atoms with Gasteiger partial charge in [-0.3, -0.25) is 4.79 Å². The van der Waals surface area contributed by atoms with Gasteiger partial charge in [-0.2, -0.15) is 0 Å². The molecule has 0 aromatic heterocycles. The van der Waals surface area contributed by atoms with Crippen LogP contribution in [-0.4, -0.2) is 41.7 Å². The Morgan fingerprint density at radius 1 is 1.13 bits per heavy atom. The van der Waals surface area contributed by atoms with Crippen LogP contribution in [0.1, 0.15) is 57.8 Å². The van der Waals surface area contributed by atoms with E-state index < -0.39 is 0 Å². The molecule has 0 radical (unpaired) electrons. The predicted molar refractivity (Wildman–Crippen MR) is 91.9 cm³/mol. The summed E-state index contributed by atoms with van der Waals surface area (Å²) in [5.41, 5.74) is 0.988. The SMILES string of the molecule is C[C@H]1CCCN1C(=O)c1ccc(B2OC(C)(C)C(C)(C)O2)cc1. The molecule has 1 atom stereocenters. The monoisotopic (exact) mass is 315 g/mol. The summed E-state index contributed by atoms with van der Waals surface area (Å²) >= 11 is 0. The maximum Gasteiger partial charge on any atom is 0.494 e. The summed E-state index contributed by atoms with van der Waals surface area (Å²) in [5.74, 6) is 0.121. The van der Waals surface area contributed by atoms with E-state index in [-0.39, 0.29) is 24.2 Å². The van der Waals surface area contributed by atoms with Gasteiger partial charge in [0.15, 0.2) is 0 Å². The Kier molecular flexibility index (Phi) is 4.05. The van der Waals surface area contributed by atoms with Gasteiger partial charge in [0.2, 0.25) is 0 Å². The molecule has 0 N–H and O–H groups in total. The van der Waals surface area contributed by atoms with Crippen LogP contribution in [0.2, 0.25) is 0 Å². The maximum absolute atomic E-state index is 12.6. The Morgan fingerprint density at radius 3 is 2.17 bits per heavy atom. The van der Waals surface area contributed by atoms with Gasteiger partial charge in [0.25, 0.3) is 5.91 Å². The van der Waals surface area contributed by atoms with Crippen LogP contribution in [0.4, 0.5) is 0 Å². The van der Waals surface area contributed by atoms with Gasteiger partial charge < -0.3 is 14.2 Å². The molecule has 23 heavy (non-hydrogen) atoms.